The highest BCUT2D eigenvalue weighted by Crippen LogP contribution is 2.24. The highest BCUT2D eigenvalue weighted by atomic mass is 16.3. The third-order valence-corrected chi connectivity index (χ3v) is 2.97. The monoisotopic (exact) mass is 191 g/mol. The van der Waals surface area contributed by atoms with E-state index in [1.807, 2.05) is 0 Å². The summed E-state index contributed by atoms with van der Waals surface area (Å²) < 4.78 is 0. The number of hydrogen-bond acceptors (Lipinski definition) is 4. The van der Waals surface area contributed by atoms with Crippen molar-refractivity contribution in [1.82, 2.24) is 0 Å². The Balaban J connectivity index is 4.19. The highest BCUT2D eigenvalue weighted by Gasteiger charge is 2.22. The van der Waals surface area contributed by atoms with Crippen molar-refractivity contribution in [2.24, 2.45) is 0 Å². The van der Waals surface area contributed by atoms with Crippen LogP contribution in [0.2, 0.25) is 25.3 Å². The van der Waals surface area contributed by atoms with Gasteiger partial charge in [0, 0.05) is 32.6 Å². The van der Waals surface area contributed by atoms with Gasteiger partial charge >= 0.3 is 0 Å². The smallest absolute Gasteiger partial charge is 0.0117 e. The summed E-state index contributed by atoms with van der Waals surface area (Å²) in [5.74, 6) is 0. The first-order chi connectivity index (χ1) is 6.24. The van der Waals surface area contributed by atoms with Crippen LogP contribution in [0.1, 0.15) is 0 Å². The van der Waals surface area contributed by atoms with Gasteiger partial charge in [0.2, 0.25) is 0 Å². The van der Waals surface area contributed by atoms with Gasteiger partial charge < -0.3 is 20.4 Å². The molecule has 0 aliphatic heterocycles. The normalized spacial score (nSPS) is 12.0. The third kappa shape index (κ3) is 4.62. The largest absolute Gasteiger partial charge is 0.400 e. The van der Waals surface area contributed by atoms with E-state index < -0.39 is 6.15 Å². The van der Waals surface area contributed by atoms with E-state index in [4.69, 9.17) is 20.4 Å². The van der Waals surface area contributed by atoms with Crippen molar-refractivity contribution in [3.05, 3.63) is 0 Å². The van der Waals surface area contributed by atoms with Gasteiger partial charge in [-0.05, 0) is 0 Å². The molecule has 0 amide bonds. The molecule has 0 heterocycles. The zero-order chi connectivity index (χ0) is 10.2. The second-order valence-electron chi connectivity index (χ2n) is 3.78. The van der Waals surface area contributed by atoms with Crippen molar-refractivity contribution in [1.29, 1.82) is 0 Å². The molecule has 0 aliphatic carbocycles. The molecule has 4 N–H and O–H groups in total. The molecule has 0 spiro atoms. The Labute approximate surface area is 79.1 Å². The van der Waals surface area contributed by atoms with Gasteiger partial charge in [-0.3, -0.25) is 0 Å². The molecule has 0 rings (SSSR count). The molecule has 0 aromatic rings. The molecule has 0 saturated carbocycles. The van der Waals surface area contributed by atoms with Crippen LogP contribution in [-0.4, -0.2) is 53.0 Å². The van der Waals surface area contributed by atoms with Gasteiger partial charge in [0.15, 0.2) is 0 Å². The first-order valence-corrected chi connectivity index (χ1v) is 4.90. The maximum absolute atomic E-state index is 8.85. The maximum Gasteiger partial charge on any atom is 0.0117 e. The predicted octanol–water partition coefficient (Wildman–Crippen LogP) is -0.596. The minimum atomic E-state index is -0.972. The fourth-order valence-electron chi connectivity index (χ4n) is 1.96. The van der Waals surface area contributed by atoms with Crippen LogP contribution in [0.25, 0.3) is 0 Å². The number of rotatable bonds is 8. The summed E-state index contributed by atoms with van der Waals surface area (Å²) in [5.41, 5.74) is 0. The quantitative estimate of drug-likeness (QED) is 0.386. The molecule has 0 unspecified atom stereocenters. The van der Waals surface area contributed by atoms with Crippen LogP contribution < -0.4 is 0 Å². The van der Waals surface area contributed by atoms with E-state index >= 15 is 0 Å². The topological polar surface area (TPSA) is 80.9 Å². The summed E-state index contributed by atoms with van der Waals surface area (Å²) in [6.07, 6.45) is 1.37. The van der Waals surface area contributed by atoms with Crippen LogP contribution in [0.3, 0.4) is 0 Å². The van der Waals surface area contributed by atoms with Crippen LogP contribution in [0.15, 0.2) is 0 Å². The molecule has 0 aromatic heterocycles. The summed E-state index contributed by atoms with van der Waals surface area (Å²) in [7, 11) is 0. The van der Waals surface area contributed by atoms with E-state index in [0.717, 1.165) is 0 Å². The van der Waals surface area contributed by atoms with E-state index in [2.05, 4.69) is 0 Å². The first-order valence-electron chi connectivity index (χ1n) is 4.90. The number of aliphatic hydroxyl groups is 4. The fraction of sp³-hybridized carbons (Fsp3) is 1.00. The SMILES string of the molecule is OCC[B-](CCO)(CCO)CCO. The summed E-state index contributed by atoms with van der Waals surface area (Å²) in [6, 6.07) is 0. The standard InChI is InChI=1S/C8H20BO4/c10-5-1-9(2-6-11,3-7-12)4-8-13/h10-13H,1-8H2/q-1. The lowest BCUT2D eigenvalue weighted by Crippen LogP contribution is -2.38. The fourth-order valence-corrected chi connectivity index (χ4v) is 1.96. The van der Waals surface area contributed by atoms with E-state index in [0.29, 0.717) is 25.3 Å². The molecular weight excluding hydrogens is 171 g/mol. The second-order valence-corrected chi connectivity index (χ2v) is 3.78. The Hall–Kier alpha value is -0.0951. The van der Waals surface area contributed by atoms with Gasteiger partial charge in [0.05, 0.1) is 0 Å². The summed E-state index contributed by atoms with van der Waals surface area (Å²) in [5, 5.41) is 35.4. The summed E-state index contributed by atoms with van der Waals surface area (Å²) >= 11 is 0. The average Bonchev–Trinajstić information content (AvgIpc) is 2.06. The number of hydrogen-bond donors (Lipinski definition) is 4. The molecule has 0 atom stereocenters. The molecule has 0 aromatic carbocycles. The van der Waals surface area contributed by atoms with Gasteiger partial charge in [-0.2, -0.15) is 25.3 Å². The lowest BCUT2D eigenvalue weighted by Gasteiger charge is -2.37. The van der Waals surface area contributed by atoms with Gasteiger partial charge in [-0.15, -0.1) is 0 Å². The van der Waals surface area contributed by atoms with Crippen molar-refractivity contribution in [2.75, 3.05) is 26.4 Å². The van der Waals surface area contributed by atoms with Crippen LogP contribution in [0, 0.1) is 0 Å². The van der Waals surface area contributed by atoms with Crippen molar-refractivity contribution < 1.29 is 20.4 Å². The zero-order valence-electron chi connectivity index (χ0n) is 8.02. The lowest BCUT2D eigenvalue weighted by molar-refractivity contribution is 0.290. The van der Waals surface area contributed by atoms with E-state index in [9.17, 15) is 0 Å². The minimum absolute atomic E-state index is 0.0556. The Bertz CT molecular complexity index is 91.2. The molecule has 5 heteroatoms. The zero-order valence-corrected chi connectivity index (χ0v) is 8.02. The molecular formula is C8H20BO4-. The molecule has 0 fully saturated rings. The van der Waals surface area contributed by atoms with Crippen molar-refractivity contribution in [2.45, 2.75) is 25.3 Å². The Morgan fingerprint density at radius 1 is 0.538 bits per heavy atom. The summed E-state index contributed by atoms with van der Waals surface area (Å²) in [4.78, 5) is 0. The van der Waals surface area contributed by atoms with E-state index in [-0.39, 0.29) is 26.4 Å². The lowest BCUT2D eigenvalue weighted by atomic mass is 9.18. The van der Waals surface area contributed by atoms with Gasteiger partial charge in [0.1, 0.15) is 0 Å². The molecule has 4 nitrogen and oxygen atoms in total. The second kappa shape index (κ2) is 7.32. The van der Waals surface area contributed by atoms with E-state index in [1.165, 1.54) is 0 Å². The highest BCUT2D eigenvalue weighted by molar-refractivity contribution is 6.80. The van der Waals surface area contributed by atoms with Crippen molar-refractivity contribution >= 4 is 6.15 Å². The third-order valence-electron chi connectivity index (χ3n) is 2.97. The van der Waals surface area contributed by atoms with Crippen molar-refractivity contribution in [3.8, 4) is 0 Å². The van der Waals surface area contributed by atoms with Crippen LogP contribution in [0.5, 0.6) is 0 Å². The average molecular weight is 191 g/mol. The van der Waals surface area contributed by atoms with Gasteiger partial charge in [-0.25, -0.2) is 0 Å². The maximum atomic E-state index is 8.85. The van der Waals surface area contributed by atoms with Crippen LogP contribution in [-0.2, 0) is 0 Å². The van der Waals surface area contributed by atoms with Crippen LogP contribution in [0.4, 0.5) is 0 Å². The van der Waals surface area contributed by atoms with Crippen LogP contribution >= 0.6 is 0 Å². The number of aliphatic hydroxyl groups excluding tert-OH is 4. The Kier molecular flexibility index (Phi) is 7.27. The van der Waals surface area contributed by atoms with Gasteiger partial charge in [-0.1, -0.05) is 0 Å². The Morgan fingerprint density at radius 3 is 0.923 bits per heavy atom. The Morgan fingerprint density at radius 2 is 0.769 bits per heavy atom. The molecule has 80 valence electrons. The molecule has 13 heavy (non-hydrogen) atoms. The molecule has 0 radical (unpaired) electrons. The summed E-state index contributed by atoms with van der Waals surface area (Å²) in [6.45, 7) is 0.222. The van der Waals surface area contributed by atoms with E-state index in [1.54, 1.807) is 0 Å². The first kappa shape index (κ1) is 12.9. The van der Waals surface area contributed by atoms with Gasteiger partial charge in [0.25, 0.3) is 0 Å². The predicted molar refractivity (Wildman–Crippen MR) is 53.3 cm³/mol. The van der Waals surface area contributed by atoms with Crippen molar-refractivity contribution in [3.63, 3.8) is 0 Å². The molecule has 0 saturated heterocycles. The minimum Gasteiger partial charge on any atom is -0.400 e. The molecule has 0 aliphatic rings. The molecule has 0 bridgehead atoms.